The number of aliphatic carboxylic acids is 1. The molecule has 0 bridgehead atoms. The number of ketones is 1. The summed E-state index contributed by atoms with van der Waals surface area (Å²) >= 11 is 0. The van der Waals surface area contributed by atoms with Gasteiger partial charge >= 0.3 is 5.97 Å². The molecule has 1 atom stereocenters. The van der Waals surface area contributed by atoms with Gasteiger partial charge in [-0.2, -0.15) is 0 Å². The Morgan fingerprint density at radius 2 is 1.94 bits per heavy atom. The van der Waals surface area contributed by atoms with Gasteiger partial charge < -0.3 is 5.11 Å². The second-order valence-electron chi connectivity index (χ2n) is 4.29. The van der Waals surface area contributed by atoms with Crippen LogP contribution in [0.3, 0.4) is 0 Å². The summed E-state index contributed by atoms with van der Waals surface area (Å²) in [6.45, 7) is 1.61. The van der Waals surface area contributed by atoms with E-state index in [9.17, 15) is 9.59 Å². The van der Waals surface area contributed by atoms with E-state index in [-0.39, 0.29) is 11.7 Å². The van der Waals surface area contributed by atoms with Gasteiger partial charge in [-0.25, -0.2) is 0 Å². The molecule has 2 rings (SSSR count). The van der Waals surface area contributed by atoms with Crippen molar-refractivity contribution in [1.29, 1.82) is 0 Å². The lowest BCUT2D eigenvalue weighted by Gasteiger charge is -2.11. The number of carboxylic acids is 1. The first-order valence-electron chi connectivity index (χ1n) is 5.47. The molecule has 1 aromatic rings. The third kappa shape index (κ3) is 1.98. The summed E-state index contributed by atoms with van der Waals surface area (Å²) in [7, 11) is 0. The molecule has 0 radical (unpaired) electrons. The van der Waals surface area contributed by atoms with Crippen LogP contribution in [0.2, 0.25) is 0 Å². The molecule has 1 fully saturated rings. The number of Topliss-reactive ketones (excluding diaryl/α,β-unsaturated/α-hetero) is 1. The number of carboxylic acid groups (broad SMARTS) is 1. The molecule has 1 aromatic carbocycles. The second-order valence-corrected chi connectivity index (χ2v) is 4.29. The fourth-order valence-electron chi connectivity index (χ4n) is 1.80. The Kier molecular flexibility index (Phi) is 2.77. The van der Waals surface area contributed by atoms with E-state index >= 15 is 0 Å². The molecule has 0 heterocycles. The number of benzene rings is 1. The molecular formula is C13H14O3. The van der Waals surface area contributed by atoms with E-state index in [0.717, 1.165) is 12.8 Å². The van der Waals surface area contributed by atoms with Crippen LogP contribution in [0.1, 0.15) is 41.6 Å². The molecule has 1 N–H and O–H groups in total. The lowest BCUT2D eigenvalue weighted by Crippen LogP contribution is -2.13. The lowest BCUT2D eigenvalue weighted by atomic mass is 9.92. The molecule has 16 heavy (non-hydrogen) atoms. The van der Waals surface area contributed by atoms with E-state index in [0.29, 0.717) is 11.1 Å². The van der Waals surface area contributed by atoms with Gasteiger partial charge in [-0.3, -0.25) is 9.59 Å². The third-order valence-corrected chi connectivity index (χ3v) is 3.01. The van der Waals surface area contributed by atoms with Crippen molar-refractivity contribution in [3.8, 4) is 0 Å². The van der Waals surface area contributed by atoms with Gasteiger partial charge in [0.1, 0.15) is 0 Å². The molecular weight excluding hydrogens is 204 g/mol. The second kappa shape index (κ2) is 4.08. The minimum atomic E-state index is -0.893. The Balaban J connectivity index is 2.36. The van der Waals surface area contributed by atoms with Crippen LogP contribution in [0.15, 0.2) is 24.3 Å². The normalized spacial score (nSPS) is 16.8. The van der Waals surface area contributed by atoms with Crippen LogP contribution in [0.5, 0.6) is 0 Å². The van der Waals surface area contributed by atoms with Crippen LogP contribution in [-0.2, 0) is 4.79 Å². The summed E-state index contributed by atoms with van der Waals surface area (Å²) in [5.41, 5.74) is 1.21. The number of hydrogen-bond donors (Lipinski definition) is 1. The highest BCUT2D eigenvalue weighted by Gasteiger charge is 2.32. The average Bonchev–Trinajstić information content (AvgIpc) is 3.11. The van der Waals surface area contributed by atoms with Gasteiger partial charge in [-0.1, -0.05) is 24.3 Å². The van der Waals surface area contributed by atoms with Crippen LogP contribution in [-0.4, -0.2) is 16.9 Å². The van der Waals surface area contributed by atoms with Gasteiger partial charge in [0.25, 0.3) is 0 Å². The lowest BCUT2D eigenvalue weighted by molar-refractivity contribution is -0.138. The van der Waals surface area contributed by atoms with Crippen LogP contribution in [0.4, 0.5) is 0 Å². The molecule has 0 saturated heterocycles. The van der Waals surface area contributed by atoms with Crippen molar-refractivity contribution >= 4 is 11.8 Å². The molecule has 0 amide bonds. The van der Waals surface area contributed by atoms with E-state index in [2.05, 4.69) is 0 Å². The van der Waals surface area contributed by atoms with E-state index in [1.54, 1.807) is 31.2 Å². The van der Waals surface area contributed by atoms with Crippen molar-refractivity contribution in [1.82, 2.24) is 0 Å². The largest absolute Gasteiger partial charge is 0.481 e. The van der Waals surface area contributed by atoms with Gasteiger partial charge in [0, 0.05) is 11.5 Å². The molecule has 84 valence electrons. The Labute approximate surface area is 94.1 Å². The van der Waals surface area contributed by atoms with Crippen molar-refractivity contribution in [2.45, 2.75) is 25.7 Å². The fourth-order valence-corrected chi connectivity index (χ4v) is 1.80. The molecule has 0 spiro atoms. The van der Waals surface area contributed by atoms with Gasteiger partial charge in [-0.15, -0.1) is 0 Å². The van der Waals surface area contributed by atoms with Gasteiger partial charge in [0.15, 0.2) is 5.78 Å². The van der Waals surface area contributed by atoms with Crippen molar-refractivity contribution in [2.75, 3.05) is 0 Å². The first kappa shape index (κ1) is 10.9. The predicted molar refractivity (Wildman–Crippen MR) is 59.5 cm³/mol. The molecule has 1 unspecified atom stereocenters. The summed E-state index contributed by atoms with van der Waals surface area (Å²) < 4.78 is 0. The van der Waals surface area contributed by atoms with E-state index < -0.39 is 11.9 Å². The van der Waals surface area contributed by atoms with Gasteiger partial charge in [-0.05, 0) is 25.3 Å². The highest BCUT2D eigenvalue weighted by Crippen LogP contribution is 2.34. The zero-order valence-electron chi connectivity index (χ0n) is 9.14. The SMILES string of the molecule is CC(C(=O)O)c1ccccc1C(=O)C1CC1. The zero-order chi connectivity index (χ0) is 11.7. The van der Waals surface area contributed by atoms with Crippen molar-refractivity contribution in [3.63, 3.8) is 0 Å². The van der Waals surface area contributed by atoms with E-state index in [1.807, 2.05) is 0 Å². The van der Waals surface area contributed by atoms with Gasteiger partial charge in [0.2, 0.25) is 0 Å². The Bertz CT molecular complexity index is 433. The molecule has 0 aliphatic heterocycles. The summed E-state index contributed by atoms with van der Waals surface area (Å²) in [6, 6.07) is 7.02. The average molecular weight is 218 g/mol. The summed E-state index contributed by atoms with van der Waals surface area (Å²) in [6.07, 6.45) is 1.88. The summed E-state index contributed by atoms with van der Waals surface area (Å²) in [5.74, 6) is -1.29. The fraction of sp³-hybridized carbons (Fsp3) is 0.385. The Morgan fingerprint density at radius 1 is 1.31 bits per heavy atom. The summed E-state index contributed by atoms with van der Waals surface area (Å²) in [5, 5.41) is 8.98. The first-order valence-corrected chi connectivity index (χ1v) is 5.47. The molecule has 1 aliphatic carbocycles. The third-order valence-electron chi connectivity index (χ3n) is 3.01. The van der Waals surface area contributed by atoms with Crippen LogP contribution in [0, 0.1) is 5.92 Å². The number of carbonyl (C=O) groups is 2. The molecule has 3 heteroatoms. The minimum absolute atomic E-state index is 0.101. The monoisotopic (exact) mass is 218 g/mol. The zero-order valence-corrected chi connectivity index (χ0v) is 9.14. The number of carbonyl (C=O) groups excluding carboxylic acids is 1. The van der Waals surface area contributed by atoms with Crippen molar-refractivity contribution in [2.24, 2.45) is 5.92 Å². The Hall–Kier alpha value is -1.64. The highest BCUT2D eigenvalue weighted by molar-refractivity contribution is 6.01. The maximum Gasteiger partial charge on any atom is 0.310 e. The topological polar surface area (TPSA) is 54.4 Å². The molecule has 1 saturated carbocycles. The molecule has 0 aromatic heterocycles. The smallest absolute Gasteiger partial charge is 0.310 e. The van der Waals surface area contributed by atoms with Crippen molar-refractivity contribution < 1.29 is 14.7 Å². The molecule has 1 aliphatic rings. The maximum absolute atomic E-state index is 12.0. The van der Waals surface area contributed by atoms with E-state index in [1.165, 1.54) is 0 Å². The van der Waals surface area contributed by atoms with Crippen LogP contribution in [0.25, 0.3) is 0 Å². The first-order chi connectivity index (χ1) is 7.61. The van der Waals surface area contributed by atoms with Gasteiger partial charge in [0.05, 0.1) is 5.92 Å². The summed E-state index contributed by atoms with van der Waals surface area (Å²) in [4.78, 5) is 22.9. The maximum atomic E-state index is 12.0. The Morgan fingerprint density at radius 3 is 2.50 bits per heavy atom. The van der Waals surface area contributed by atoms with Crippen molar-refractivity contribution in [3.05, 3.63) is 35.4 Å². The highest BCUT2D eigenvalue weighted by atomic mass is 16.4. The number of hydrogen-bond acceptors (Lipinski definition) is 2. The number of rotatable bonds is 4. The van der Waals surface area contributed by atoms with E-state index in [4.69, 9.17) is 5.11 Å². The molecule has 3 nitrogen and oxygen atoms in total. The standard InChI is InChI=1S/C13H14O3/c1-8(13(15)16)10-4-2-3-5-11(10)12(14)9-6-7-9/h2-5,8-9H,6-7H2,1H3,(H,15,16). The minimum Gasteiger partial charge on any atom is -0.481 e. The predicted octanol–water partition coefficient (Wildman–Crippen LogP) is 2.47. The van der Waals surface area contributed by atoms with Crippen LogP contribution >= 0.6 is 0 Å². The van der Waals surface area contributed by atoms with Crippen LogP contribution < -0.4 is 0 Å². The quantitative estimate of drug-likeness (QED) is 0.790.